The average Bonchev–Trinajstić information content (AvgIpc) is 2.70. The molecule has 0 bridgehead atoms. The normalized spacial score (nSPS) is 10.3. The van der Waals surface area contributed by atoms with Gasteiger partial charge in [0.1, 0.15) is 5.75 Å². The number of ether oxygens (including phenoxy) is 1. The molecule has 0 aliphatic heterocycles. The highest BCUT2D eigenvalue weighted by molar-refractivity contribution is 6.42. The van der Waals surface area contributed by atoms with Gasteiger partial charge in [-0.3, -0.25) is 9.59 Å². The first-order chi connectivity index (χ1) is 13.0. The molecule has 0 fully saturated rings. The average molecular weight is 400 g/mol. The molecule has 0 radical (unpaired) electrons. The highest BCUT2D eigenvalue weighted by Gasteiger charge is 2.09. The Hall–Kier alpha value is -2.82. The van der Waals surface area contributed by atoms with E-state index in [0.717, 1.165) is 0 Å². The molecule has 0 unspecified atom stereocenters. The number of carbonyl (C=O) groups is 2. The van der Waals surface area contributed by atoms with E-state index in [-0.39, 0.29) is 18.3 Å². The van der Waals surface area contributed by atoms with Gasteiger partial charge in [0.2, 0.25) is 0 Å². The number of nitrogens with one attached hydrogen (secondary N) is 1. The summed E-state index contributed by atoms with van der Waals surface area (Å²) in [5.41, 5.74) is 1.59. The first-order valence-electron chi connectivity index (χ1n) is 8.10. The van der Waals surface area contributed by atoms with E-state index in [0.29, 0.717) is 32.6 Å². The molecular weight excluding hydrogens is 385 g/mol. The van der Waals surface area contributed by atoms with Crippen molar-refractivity contribution in [3.8, 4) is 5.75 Å². The molecular formula is C21H15Cl2NO3. The zero-order valence-electron chi connectivity index (χ0n) is 14.1. The molecule has 1 N–H and O–H groups in total. The number of ketones is 1. The quantitative estimate of drug-likeness (QED) is 0.556. The van der Waals surface area contributed by atoms with Gasteiger partial charge in [-0.1, -0.05) is 53.5 Å². The fraction of sp³-hybridized carbons (Fsp3) is 0.0476. The van der Waals surface area contributed by atoms with Crippen LogP contribution >= 0.6 is 23.2 Å². The number of hydrogen-bond donors (Lipinski definition) is 1. The van der Waals surface area contributed by atoms with Crippen LogP contribution in [0.1, 0.15) is 20.7 Å². The van der Waals surface area contributed by atoms with Crippen molar-refractivity contribution in [2.24, 2.45) is 0 Å². The van der Waals surface area contributed by atoms with Gasteiger partial charge in [0, 0.05) is 16.8 Å². The van der Waals surface area contributed by atoms with Crippen LogP contribution in [0.2, 0.25) is 10.0 Å². The second-order valence-electron chi connectivity index (χ2n) is 5.69. The zero-order valence-corrected chi connectivity index (χ0v) is 15.6. The Morgan fingerprint density at radius 3 is 2.19 bits per heavy atom. The summed E-state index contributed by atoms with van der Waals surface area (Å²) in [6.45, 7) is -0.0566. The van der Waals surface area contributed by atoms with Crippen molar-refractivity contribution in [1.29, 1.82) is 0 Å². The standard InChI is InChI=1S/C21H15Cl2NO3/c22-18-11-6-15(12-19(18)23)21(26)24-16-7-9-17(10-8-16)27-13-20(25)14-4-2-1-3-5-14/h1-12H,13H2,(H,24,26). The van der Waals surface area contributed by atoms with Crippen LogP contribution in [0.3, 0.4) is 0 Å². The van der Waals surface area contributed by atoms with E-state index in [2.05, 4.69) is 5.32 Å². The van der Waals surface area contributed by atoms with E-state index in [1.54, 1.807) is 60.7 Å². The highest BCUT2D eigenvalue weighted by atomic mass is 35.5. The summed E-state index contributed by atoms with van der Waals surface area (Å²) in [7, 11) is 0. The topological polar surface area (TPSA) is 55.4 Å². The molecule has 3 aromatic carbocycles. The smallest absolute Gasteiger partial charge is 0.255 e. The Balaban J connectivity index is 1.57. The third-order valence-corrected chi connectivity index (χ3v) is 4.50. The van der Waals surface area contributed by atoms with Gasteiger partial charge in [0.15, 0.2) is 12.4 Å². The molecule has 0 heterocycles. The van der Waals surface area contributed by atoms with Crippen molar-refractivity contribution in [2.45, 2.75) is 0 Å². The lowest BCUT2D eigenvalue weighted by atomic mass is 10.1. The molecule has 0 aliphatic carbocycles. The van der Waals surface area contributed by atoms with Gasteiger partial charge in [-0.15, -0.1) is 0 Å². The van der Waals surface area contributed by atoms with E-state index < -0.39 is 0 Å². The van der Waals surface area contributed by atoms with E-state index >= 15 is 0 Å². The summed E-state index contributed by atoms with van der Waals surface area (Å²) >= 11 is 11.8. The van der Waals surface area contributed by atoms with Crippen molar-refractivity contribution in [2.75, 3.05) is 11.9 Å². The van der Waals surface area contributed by atoms with Crippen LogP contribution in [-0.2, 0) is 0 Å². The van der Waals surface area contributed by atoms with Crippen molar-refractivity contribution in [1.82, 2.24) is 0 Å². The van der Waals surface area contributed by atoms with Crippen molar-refractivity contribution >= 4 is 40.6 Å². The van der Waals surface area contributed by atoms with Gasteiger partial charge in [-0.25, -0.2) is 0 Å². The Labute approximate surface area is 166 Å². The first-order valence-corrected chi connectivity index (χ1v) is 8.86. The molecule has 3 aromatic rings. The minimum atomic E-state index is -0.304. The lowest BCUT2D eigenvalue weighted by molar-refractivity contribution is 0.0921. The molecule has 0 aliphatic rings. The molecule has 0 atom stereocenters. The fourth-order valence-electron chi connectivity index (χ4n) is 2.33. The van der Waals surface area contributed by atoms with Gasteiger partial charge >= 0.3 is 0 Å². The lowest BCUT2D eigenvalue weighted by Gasteiger charge is -2.09. The van der Waals surface area contributed by atoms with Crippen molar-refractivity contribution in [3.63, 3.8) is 0 Å². The Kier molecular flexibility index (Phi) is 6.12. The lowest BCUT2D eigenvalue weighted by Crippen LogP contribution is -2.12. The zero-order chi connectivity index (χ0) is 19.2. The number of carbonyl (C=O) groups excluding carboxylic acids is 2. The fourth-order valence-corrected chi connectivity index (χ4v) is 2.63. The largest absolute Gasteiger partial charge is 0.485 e. The number of rotatable bonds is 6. The second-order valence-corrected chi connectivity index (χ2v) is 6.50. The number of hydrogen-bond acceptors (Lipinski definition) is 3. The predicted octanol–water partition coefficient (Wildman–Crippen LogP) is 5.51. The van der Waals surface area contributed by atoms with E-state index in [4.69, 9.17) is 27.9 Å². The minimum absolute atomic E-state index is 0.0566. The van der Waals surface area contributed by atoms with Gasteiger partial charge in [-0.2, -0.15) is 0 Å². The van der Waals surface area contributed by atoms with E-state index in [9.17, 15) is 9.59 Å². The SMILES string of the molecule is O=C(COc1ccc(NC(=O)c2ccc(Cl)c(Cl)c2)cc1)c1ccccc1. The molecule has 0 saturated carbocycles. The third kappa shape index (κ3) is 5.09. The monoisotopic (exact) mass is 399 g/mol. The molecule has 0 aromatic heterocycles. The first kappa shape index (κ1) is 19.0. The molecule has 3 rings (SSSR count). The number of amides is 1. The number of halogens is 2. The van der Waals surface area contributed by atoms with Crippen LogP contribution in [0.5, 0.6) is 5.75 Å². The maximum Gasteiger partial charge on any atom is 0.255 e. The Morgan fingerprint density at radius 1 is 0.815 bits per heavy atom. The van der Waals surface area contributed by atoms with Crippen LogP contribution in [0.4, 0.5) is 5.69 Å². The van der Waals surface area contributed by atoms with Gasteiger partial charge in [0.05, 0.1) is 10.0 Å². The van der Waals surface area contributed by atoms with Crippen molar-refractivity contribution < 1.29 is 14.3 Å². The van der Waals surface area contributed by atoms with E-state index in [1.165, 1.54) is 6.07 Å². The van der Waals surface area contributed by atoms with E-state index in [1.807, 2.05) is 6.07 Å². The third-order valence-electron chi connectivity index (χ3n) is 3.76. The minimum Gasteiger partial charge on any atom is -0.485 e. The van der Waals surface area contributed by atoms with Gasteiger partial charge in [0.25, 0.3) is 5.91 Å². The summed E-state index contributed by atoms with van der Waals surface area (Å²) in [6.07, 6.45) is 0. The van der Waals surface area contributed by atoms with Gasteiger partial charge < -0.3 is 10.1 Å². The molecule has 0 spiro atoms. The number of anilines is 1. The van der Waals surface area contributed by atoms with Crippen LogP contribution in [0.15, 0.2) is 72.8 Å². The maximum atomic E-state index is 12.2. The molecule has 1 amide bonds. The number of benzene rings is 3. The van der Waals surface area contributed by atoms with Crippen LogP contribution in [0.25, 0.3) is 0 Å². The van der Waals surface area contributed by atoms with Gasteiger partial charge in [-0.05, 0) is 42.5 Å². The van der Waals surface area contributed by atoms with Crippen molar-refractivity contribution in [3.05, 3.63) is 94.0 Å². The van der Waals surface area contributed by atoms with Crippen LogP contribution in [-0.4, -0.2) is 18.3 Å². The molecule has 0 saturated heterocycles. The Bertz CT molecular complexity index is 957. The summed E-state index contributed by atoms with van der Waals surface area (Å²) in [5, 5.41) is 3.46. The van der Waals surface area contributed by atoms with Crippen LogP contribution < -0.4 is 10.1 Å². The molecule has 6 heteroatoms. The molecule has 27 heavy (non-hydrogen) atoms. The summed E-state index contributed by atoms with van der Waals surface area (Å²) in [5.74, 6) is 0.126. The highest BCUT2D eigenvalue weighted by Crippen LogP contribution is 2.23. The number of Topliss-reactive ketones (excluding diaryl/α,β-unsaturated/α-hetero) is 1. The second kappa shape index (κ2) is 8.71. The maximum absolute atomic E-state index is 12.2. The summed E-state index contributed by atoms with van der Waals surface area (Å²) in [4.78, 5) is 24.3. The molecule has 4 nitrogen and oxygen atoms in total. The summed E-state index contributed by atoms with van der Waals surface area (Å²) in [6, 6.07) is 20.4. The predicted molar refractivity (Wildman–Crippen MR) is 107 cm³/mol. The molecule has 136 valence electrons. The summed E-state index contributed by atoms with van der Waals surface area (Å²) < 4.78 is 5.50. The van der Waals surface area contributed by atoms with Crippen LogP contribution in [0, 0.1) is 0 Å². The Morgan fingerprint density at radius 2 is 1.52 bits per heavy atom.